The van der Waals surface area contributed by atoms with Gasteiger partial charge in [0.05, 0.1) is 30.9 Å². The summed E-state index contributed by atoms with van der Waals surface area (Å²) >= 11 is 39.2. The molecule has 0 radical (unpaired) electrons. The highest BCUT2D eigenvalue weighted by Gasteiger charge is 2.13. The summed E-state index contributed by atoms with van der Waals surface area (Å²) in [6.07, 6.45) is 0. The van der Waals surface area contributed by atoms with Crippen LogP contribution < -0.4 is 4.74 Å². The van der Waals surface area contributed by atoms with E-state index in [9.17, 15) is 14.4 Å². The molecule has 3 aromatic heterocycles. The van der Waals surface area contributed by atoms with Crippen LogP contribution >= 0.6 is 81.2 Å². The van der Waals surface area contributed by atoms with Gasteiger partial charge in [0, 0.05) is 16.1 Å². The number of aromatic carboxylic acids is 1. The number of pyridine rings is 3. The van der Waals surface area contributed by atoms with Crippen LogP contribution in [0, 0.1) is 0 Å². The Kier molecular flexibility index (Phi) is 17.9. The molecule has 5 rings (SSSR count). The number of aromatic hydroxyl groups is 1. The average molecular weight is 825 g/mol. The number of hydrogen-bond acceptors (Lipinski definition) is 10. The minimum atomic E-state index is -1.11. The Bertz CT molecular complexity index is 1900. The summed E-state index contributed by atoms with van der Waals surface area (Å²) in [6.45, 7) is 0. The van der Waals surface area contributed by atoms with E-state index in [0.717, 1.165) is 0 Å². The second-order valence-corrected chi connectivity index (χ2v) is 11.5. The Balaban J connectivity index is 0.000000244. The summed E-state index contributed by atoms with van der Waals surface area (Å²) in [5.74, 6) is -1.09. The summed E-state index contributed by atoms with van der Waals surface area (Å²) in [4.78, 5) is 43.8. The fourth-order valence-electron chi connectivity index (χ4n) is 3.05. The predicted molar refractivity (Wildman–Crippen MR) is 192 cm³/mol. The molecular weight excluding hydrogens is 803 g/mol. The highest BCUT2D eigenvalue weighted by Crippen LogP contribution is 2.25. The van der Waals surface area contributed by atoms with Crippen molar-refractivity contribution in [1.82, 2.24) is 15.0 Å². The first-order chi connectivity index (χ1) is 23.6. The number of phenols is 1. The summed E-state index contributed by atoms with van der Waals surface area (Å²) in [5, 5.41) is 18.8. The molecule has 262 valence electrons. The van der Waals surface area contributed by atoms with Crippen LogP contribution in [0.3, 0.4) is 0 Å². The molecule has 0 aliphatic heterocycles. The van der Waals surface area contributed by atoms with Gasteiger partial charge in [0.25, 0.3) is 0 Å². The molecule has 2 N–H and O–H groups in total. The van der Waals surface area contributed by atoms with Crippen molar-refractivity contribution >= 4 is 99.1 Å². The lowest BCUT2D eigenvalue weighted by Gasteiger charge is -2.06. The number of nitrogens with zero attached hydrogens (tertiary/aromatic N) is 3. The first kappa shape index (κ1) is 42.1. The van der Waals surface area contributed by atoms with E-state index in [-0.39, 0.29) is 54.1 Å². The quantitative estimate of drug-likeness (QED) is 0.128. The molecule has 11 nitrogen and oxygen atoms in total. The summed E-state index contributed by atoms with van der Waals surface area (Å²) < 4.78 is 14.5. The smallest absolute Gasteiger partial charge is 0.341 e. The van der Waals surface area contributed by atoms with Crippen molar-refractivity contribution in [2.75, 3.05) is 14.2 Å². The largest absolute Gasteiger partial charge is 0.508 e. The zero-order chi connectivity index (χ0) is 37.4. The number of aromatic nitrogens is 3. The van der Waals surface area contributed by atoms with E-state index in [0.29, 0.717) is 15.8 Å². The maximum absolute atomic E-state index is 11.3. The van der Waals surface area contributed by atoms with Crippen LogP contribution in [-0.4, -0.2) is 57.3 Å². The van der Waals surface area contributed by atoms with E-state index in [4.69, 9.17) is 96.2 Å². The van der Waals surface area contributed by atoms with E-state index < -0.39 is 17.9 Å². The van der Waals surface area contributed by atoms with Crippen molar-refractivity contribution in [3.8, 4) is 17.4 Å². The highest BCUT2D eigenvalue weighted by atomic mass is 35.5. The standard InChI is InChI=1S/C13H9Cl2NO3.C7H5Cl2NO2.C6H3Cl2NO2.C6H5ClO/c1-18-13(17)10-6-7-11(16-12(10)15)19-9-4-2-8(14)3-5-9;1-12-7(11)4-2-3-5(8)10-6(4)9;7-4-2-1-3(6(10)11)5(8)9-4;7-5-1-3-6(8)4-2-5/h2-7H,1H3;2-3H,1H3;1-2H,(H,10,11);1-4,8H. The Morgan fingerprint density at radius 1 is 0.540 bits per heavy atom. The van der Waals surface area contributed by atoms with E-state index in [1.165, 1.54) is 50.6 Å². The van der Waals surface area contributed by atoms with E-state index in [1.807, 2.05) is 0 Å². The molecule has 5 aromatic rings. The van der Waals surface area contributed by atoms with Crippen LogP contribution in [0.2, 0.25) is 35.8 Å². The molecular formula is C32H22Cl7N3O8. The lowest BCUT2D eigenvalue weighted by molar-refractivity contribution is 0.0591. The summed E-state index contributed by atoms with van der Waals surface area (Å²) in [5.41, 5.74) is 0.354. The van der Waals surface area contributed by atoms with E-state index in [2.05, 4.69) is 24.4 Å². The molecule has 0 unspecified atom stereocenters. The van der Waals surface area contributed by atoms with Crippen molar-refractivity contribution in [2.24, 2.45) is 0 Å². The van der Waals surface area contributed by atoms with Crippen LogP contribution in [0.25, 0.3) is 0 Å². The normalized spacial score (nSPS) is 9.70. The van der Waals surface area contributed by atoms with Crippen LogP contribution in [0.1, 0.15) is 31.1 Å². The van der Waals surface area contributed by atoms with Crippen LogP contribution in [0.15, 0.2) is 84.9 Å². The minimum absolute atomic E-state index is 0.0262. The monoisotopic (exact) mass is 821 g/mol. The number of esters is 2. The molecule has 0 saturated carbocycles. The van der Waals surface area contributed by atoms with Gasteiger partial charge < -0.3 is 24.4 Å². The summed E-state index contributed by atoms with van der Waals surface area (Å²) in [6, 6.07) is 21.8. The van der Waals surface area contributed by atoms with E-state index in [1.54, 1.807) is 48.5 Å². The number of carboxylic acids is 1. The maximum Gasteiger partial charge on any atom is 0.341 e. The average Bonchev–Trinajstić information content (AvgIpc) is 3.07. The number of carboxylic acid groups (broad SMARTS) is 1. The number of benzene rings is 2. The number of halogens is 7. The number of methoxy groups -OCH3 is 2. The first-order valence-electron chi connectivity index (χ1n) is 13.2. The van der Waals surface area contributed by atoms with Crippen LogP contribution in [0.5, 0.6) is 17.4 Å². The Labute approximate surface area is 320 Å². The summed E-state index contributed by atoms with van der Waals surface area (Å²) in [7, 11) is 2.55. The van der Waals surface area contributed by atoms with Crippen molar-refractivity contribution in [3.05, 3.63) is 137 Å². The van der Waals surface area contributed by atoms with Crippen molar-refractivity contribution in [1.29, 1.82) is 0 Å². The van der Waals surface area contributed by atoms with Crippen LogP contribution in [-0.2, 0) is 9.47 Å². The Hall–Kier alpha value is -4.07. The van der Waals surface area contributed by atoms with Gasteiger partial charge in [-0.15, -0.1) is 0 Å². The van der Waals surface area contributed by atoms with Gasteiger partial charge in [-0.25, -0.2) is 29.3 Å². The fourth-order valence-corrected chi connectivity index (χ4v) is 4.37. The van der Waals surface area contributed by atoms with E-state index >= 15 is 0 Å². The maximum atomic E-state index is 11.3. The fraction of sp³-hybridized carbons (Fsp3) is 0.0625. The number of rotatable bonds is 5. The third-order valence-corrected chi connectivity index (χ3v) is 7.15. The lowest BCUT2D eigenvalue weighted by atomic mass is 10.3. The van der Waals surface area contributed by atoms with Gasteiger partial charge in [-0.05, 0) is 78.9 Å². The van der Waals surface area contributed by atoms with Gasteiger partial charge in [0.1, 0.15) is 37.3 Å². The molecule has 2 aromatic carbocycles. The molecule has 18 heteroatoms. The topological polar surface area (TPSA) is 158 Å². The van der Waals surface area contributed by atoms with Gasteiger partial charge in [0.2, 0.25) is 5.88 Å². The third-order valence-electron chi connectivity index (χ3n) is 5.36. The molecule has 3 heterocycles. The minimum Gasteiger partial charge on any atom is -0.508 e. The molecule has 0 fully saturated rings. The lowest BCUT2D eigenvalue weighted by Crippen LogP contribution is -2.03. The first-order valence-corrected chi connectivity index (χ1v) is 15.9. The van der Waals surface area contributed by atoms with Gasteiger partial charge in [-0.3, -0.25) is 0 Å². The Morgan fingerprint density at radius 2 is 0.940 bits per heavy atom. The Morgan fingerprint density at radius 3 is 1.32 bits per heavy atom. The number of ether oxygens (including phenoxy) is 3. The highest BCUT2D eigenvalue weighted by molar-refractivity contribution is 6.35. The number of phenolic OH excluding ortho intramolecular Hbond substituents is 1. The molecule has 0 amide bonds. The molecule has 0 bridgehead atoms. The SMILES string of the molecule is COC(=O)c1ccc(Cl)nc1Cl.COC(=O)c1ccc(Oc2ccc(Cl)cc2)nc1Cl.O=C(O)c1ccc(Cl)nc1Cl.Oc1ccc(Cl)cc1. The number of hydrogen-bond donors (Lipinski definition) is 2. The van der Waals surface area contributed by atoms with Crippen molar-refractivity contribution < 1.29 is 38.8 Å². The zero-order valence-electron chi connectivity index (χ0n) is 25.4. The van der Waals surface area contributed by atoms with Gasteiger partial charge in [0.15, 0.2) is 0 Å². The second kappa shape index (κ2) is 21.2. The third kappa shape index (κ3) is 14.4. The van der Waals surface area contributed by atoms with Crippen molar-refractivity contribution in [2.45, 2.75) is 0 Å². The van der Waals surface area contributed by atoms with Gasteiger partial charge in [-0.1, -0.05) is 81.2 Å². The second-order valence-electron chi connectivity index (χ2n) is 8.75. The number of carbonyl (C=O) groups is 3. The molecule has 0 aliphatic carbocycles. The predicted octanol–water partition coefficient (Wildman–Crippen LogP) is 10.3. The zero-order valence-corrected chi connectivity index (χ0v) is 30.7. The molecule has 50 heavy (non-hydrogen) atoms. The number of carbonyl (C=O) groups excluding carboxylic acids is 2. The molecule has 0 spiro atoms. The van der Waals surface area contributed by atoms with Crippen LogP contribution in [0.4, 0.5) is 0 Å². The van der Waals surface area contributed by atoms with Crippen molar-refractivity contribution in [3.63, 3.8) is 0 Å². The van der Waals surface area contributed by atoms with Gasteiger partial charge >= 0.3 is 17.9 Å². The molecule has 0 atom stereocenters. The molecule has 0 aliphatic rings. The van der Waals surface area contributed by atoms with Gasteiger partial charge in [-0.2, -0.15) is 0 Å². The molecule has 0 saturated heterocycles.